The summed E-state index contributed by atoms with van der Waals surface area (Å²) in [4.78, 5) is 18.4. The van der Waals surface area contributed by atoms with Crippen LogP contribution in [0.25, 0.3) is 21.2 Å². The van der Waals surface area contributed by atoms with E-state index in [0.29, 0.717) is 17.3 Å². The van der Waals surface area contributed by atoms with Crippen LogP contribution in [0.2, 0.25) is 0 Å². The second-order valence-corrected chi connectivity index (χ2v) is 8.74. The predicted octanol–water partition coefficient (Wildman–Crippen LogP) is 3.37. The van der Waals surface area contributed by atoms with Gasteiger partial charge in [-0.25, -0.2) is 9.78 Å². The van der Waals surface area contributed by atoms with Crippen LogP contribution in [-0.4, -0.2) is 25.2 Å². The fraction of sp³-hybridized carbons (Fsp3) is 0.304. The summed E-state index contributed by atoms with van der Waals surface area (Å²) in [6, 6.07) is 15.7. The van der Waals surface area contributed by atoms with Crippen molar-refractivity contribution in [1.82, 2.24) is 4.98 Å². The van der Waals surface area contributed by atoms with Crippen molar-refractivity contribution in [2.45, 2.75) is 25.3 Å². The quantitative estimate of drug-likeness (QED) is 0.527. The van der Waals surface area contributed by atoms with Gasteiger partial charge in [-0.1, -0.05) is 12.1 Å². The number of nitrogens with zero attached hydrogens (tertiary/aromatic N) is 1. The Labute approximate surface area is 172 Å². The van der Waals surface area contributed by atoms with Crippen molar-refractivity contribution < 1.29 is 14.1 Å². The first-order chi connectivity index (χ1) is 14.2. The van der Waals surface area contributed by atoms with Gasteiger partial charge in [0.2, 0.25) is 0 Å². The first-order valence-electron chi connectivity index (χ1n) is 9.99. The minimum atomic E-state index is -0.301. The molecular formula is C23H23N2O3S+. The highest BCUT2D eigenvalue weighted by Crippen LogP contribution is 2.31. The van der Waals surface area contributed by atoms with E-state index in [9.17, 15) is 4.79 Å². The number of aromatic nitrogens is 1. The number of thiazole rings is 1. The number of nitrogens with one attached hydrogen (secondary N) is 1. The molecule has 0 aliphatic carbocycles. The third kappa shape index (κ3) is 3.66. The number of quaternary nitrogens is 1. The molecule has 1 N–H and O–H groups in total. The Hall–Kier alpha value is -2.70. The third-order valence-corrected chi connectivity index (χ3v) is 7.03. The maximum Gasteiger partial charge on any atom is 0.336 e. The van der Waals surface area contributed by atoms with E-state index in [2.05, 4.69) is 24.3 Å². The van der Waals surface area contributed by atoms with Gasteiger partial charge in [0.05, 0.1) is 35.4 Å². The van der Waals surface area contributed by atoms with Gasteiger partial charge in [0, 0.05) is 41.8 Å². The van der Waals surface area contributed by atoms with E-state index in [1.54, 1.807) is 19.2 Å². The molecule has 6 heteroatoms. The maximum absolute atomic E-state index is 12.0. The maximum atomic E-state index is 12.0. The van der Waals surface area contributed by atoms with Crippen molar-refractivity contribution in [2.75, 3.05) is 20.2 Å². The molecule has 0 bridgehead atoms. The summed E-state index contributed by atoms with van der Waals surface area (Å²) in [6.45, 7) is 3.00. The highest BCUT2D eigenvalue weighted by atomic mass is 32.1. The van der Waals surface area contributed by atoms with Crippen LogP contribution < -0.4 is 15.3 Å². The SMILES string of the molecule is COc1ccc2c(C[NH+]3CCC(c4nc5ccccc5s4)CC3)cc(=O)oc2c1. The molecule has 0 spiro atoms. The molecule has 29 heavy (non-hydrogen) atoms. The summed E-state index contributed by atoms with van der Waals surface area (Å²) in [5.74, 6) is 1.24. The lowest BCUT2D eigenvalue weighted by Gasteiger charge is -2.28. The zero-order chi connectivity index (χ0) is 19.8. The average Bonchev–Trinajstić information content (AvgIpc) is 3.18. The highest BCUT2D eigenvalue weighted by Gasteiger charge is 2.26. The molecular weight excluding hydrogens is 384 g/mol. The van der Waals surface area contributed by atoms with Crippen LogP contribution in [0, 0.1) is 0 Å². The van der Waals surface area contributed by atoms with Crippen molar-refractivity contribution in [3.05, 3.63) is 69.5 Å². The Morgan fingerprint density at radius 3 is 2.79 bits per heavy atom. The molecule has 5 rings (SSSR count). The molecule has 5 nitrogen and oxygen atoms in total. The Balaban J connectivity index is 1.32. The molecule has 0 radical (unpaired) electrons. The summed E-state index contributed by atoms with van der Waals surface area (Å²) in [5.41, 5.74) is 2.45. The number of fused-ring (bicyclic) bond motifs is 2. The van der Waals surface area contributed by atoms with Gasteiger partial charge in [0.15, 0.2) is 0 Å². The van der Waals surface area contributed by atoms with E-state index in [1.165, 1.54) is 14.6 Å². The summed E-state index contributed by atoms with van der Waals surface area (Å²) in [6.07, 6.45) is 2.25. The molecule has 0 atom stereocenters. The largest absolute Gasteiger partial charge is 0.497 e. The second-order valence-electron chi connectivity index (χ2n) is 7.67. The average molecular weight is 408 g/mol. The Morgan fingerprint density at radius 2 is 2.00 bits per heavy atom. The molecule has 2 aromatic carbocycles. The van der Waals surface area contributed by atoms with Gasteiger partial charge < -0.3 is 14.1 Å². The van der Waals surface area contributed by atoms with E-state index in [4.69, 9.17) is 14.1 Å². The molecule has 0 unspecified atom stereocenters. The standard InChI is InChI=1S/C23H22N2O3S/c1-27-17-6-7-18-16(12-22(26)28-20(18)13-17)14-25-10-8-15(9-11-25)23-24-19-4-2-3-5-21(19)29-23/h2-7,12-13,15H,8-11,14H2,1H3/p+1. The molecule has 4 aromatic rings. The van der Waals surface area contributed by atoms with Crippen molar-refractivity contribution >= 4 is 32.5 Å². The predicted molar refractivity (Wildman–Crippen MR) is 115 cm³/mol. The fourth-order valence-electron chi connectivity index (χ4n) is 4.27. The molecule has 1 aliphatic heterocycles. The zero-order valence-electron chi connectivity index (χ0n) is 16.3. The lowest BCUT2D eigenvalue weighted by molar-refractivity contribution is -0.918. The normalized spacial score (nSPS) is 19.6. The van der Waals surface area contributed by atoms with Crippen molar-refractivity contribution in [2.24, 2.45) is 0 Å². The number of hydrogen-bond donors (Lipinski definition) is 1. The number of benzene rings is 2. The minimum absolute atomic E-state index is 0.301. The topological polar surface area (TPSA) is 56.8 Å². The van der Waals surface area contributed by atoms with E-state index in [0.717, 1.165) is 48.9 Å². The Kier molecular flexibility index (Phi) is 4.81. The number of rotatable bonds is 4. The molecule has 1 aliphatic rings. The number of ether oxygens (including phenoxy) is 1. The number of hydrogen-bond acceptors (Lipinski definition) is 5. The fourth-order valence-corrected chi connectivity index (χ4v) is 5.40. The minimum Gasteiger partial charge on any atom is -0.497 e. The lowest BCUT2D eigenvalue weighted by Crippen LogP contribution is -3.11. The van der Waals surface area contributed by atoms with Gasteiger partial charge in [0.25, 0.3) is 0 Å². The van der Waals surface area contributed by atoms with Gasteiger partial charge >= 0.3 is 5.63 Å². The van der Waals surface area contributed by atoms with Gasteiger partial charge in [-0.3, -0.25) is 0 Å². The number of methoxy groups -OCH3 is 1. The van der Waals surface area contributed by atoms with Crippen molar-refractivity contribution in [3.8, 4) is 5.75 Å². The van der Waals surface area contributed by atoms with E-state index in [1.807, 2.05) is 23.5 Å². The Morgan fingerprint density at radius 1 is 1.17 bits per heavy atom. The molecule has 3 heterocycles. The highest BCUT2D eigenvalue weighted by molar-refractivity contribution is 7.18. The van der Waals surface area contributed by atoms with Gasteiger partial charge in [0.1, 0.15) is 17.9 Å². The van der Waals surface area contributed by atoms with Crippen LogP contribution in [0.1, 0.15) is 29.3 Å². The van der Waals surface area contributed by atoms with E-state index >= 15 is 0 Å². The first kappa shape index (κ1) is 18.3. The van der Waals surface area contributed by atoms with Crippen molar-refractivity contribution in [1.29, 1.82) is 0 Å². The molecule has 0 saturated carbocycles. The summed E-state index contributed by atoms with van der Waals surface area (Å²) in [5, 5.41) is 2.26. The molecule has 0 amide bonds. The van der Waals surface area contributed by atoms with Crippen LogP contribution in [0.4, 0.5) is 0 Å². The summed E-state index contributed by atoms with van der Waals surface area (Å²) >= 11 is 1.83. The smallest absolute Gasteiger partial charge is 0.336 e. The number of likely N-dealkylation sites (tertiary alicyclic amines) is 1. The van der Waals surface area contributed by atoms with Crippen LogP contribution in [-0.2, 0) is 6.54 Å². The van der Waals surface area contributed by atoms with Crippen LogP contribution >= 0.6 is 11.3 Å². The monoisotopic (exact) mass is 407 g/mol. The van der Waals surface area contributed by atoms with E-state index in [-0.39, 0.29) is 5.63 Å². The lowest BCUT2D eigenvalue weighted by atomic mass is 9.97. The van der Waals surface area contributed by atoms with Crippen LogP contribution in [0.15, 0.2) is 57.7 Å². The van der Waals surface area contributed by atoms with Gasteiger partial charge in [-0.15, -0.1) is 11.3 Å². The molecule has 1 saturated heterocycles. The van der Waals surface area contributed by atoms with Gasteiger partial charge in [-0.05, 0) is 24.3 Å². The third-order valence-electron chi connectivity index (χ3n) is 5.83. The molecule has 1 fully saturated rings. The Bertz CT molecular complexity index is 1190. The summed E-state index contributed by atoms with van der Waals surface area (Å²) in [7, 11) is 1.61. The zero-order valence-corrected chi connectivity index (χ0v) is 17.1. The second kappa shape index (κ2) is 7.61. The molecule has 148 valence electrons. The number of piperidine rings is 1. The van der Waals surface area contributed by atoms with Gasteiger partial charge in [-0.2, -0.15) is 0 Å². The number of para-hydroxylation sites is 1. The first-order valence-corrected chi connectivity index (χ1v) is 10.8. The molecule has 2 aromatic heterocycles. The van der Waals surface area contributed by atoms with Crippen LogP contribution in [0.3, 0.4) is 0 Å². The van der Waals surface area contributed by atoms with Crippen LogP contribution in [0.5, 0.6) is 5.75 Å². The van der Waals surface area contributed by atoms with Crippen molar-refractivity contribution in [3.63, 3.8) is 0 Å². The van der Waals surface area contributed by atoms with E-state index < -0.39 is 0 Å². The summed E-state index contributed by atoms with van der Waals surface area (Å²) < 4.78 is 11.9.